The molecule has 0 radical (unpaired) electrons. The highest BCUT2D eigenvalue weighted by atomic mass is 32.2. The molecule has 3 aromatic rings. The first-order valence-corrected chi connectivity index (χ1v) is 14.3. The number of nitrogens with zero attached hydrogens (tertiary/aromatic N) is 2. The van der Waals surface area contributed by atoms with Crippen molar-refractivity contribution >= 4 is 26.8 Å². The number of rotatable bonds is 5. The molecule has 0 unspecified atom stereocenters. The first-order valence-electron chi connectivity index (χ1n) is 12.8. The number of hydrogen-bond donors (Lipinski definition) is 1. The van der Waals surface area contributed by atoms with E-state index in [2.05, 4.69) is 12.2 Å². The van der Waals surface area contributed by atoms with Crippen molar-refractivity contribution in [1.82, 2.24) is 14.2 Å². The Hall–Kier alpha value is -2.97. The minimum absolute atomic E-state index is 0.0464. The van der Waals surface area contributed by atoms with Crippen LogP contribution in [0.5, 0.6) is 0 Å². The molecule has 8 heteroatoms. The molecule has 2 aliphatic rings. The predicted octanol–water partition coefficient (Wildman–Crippen LogP) is 4.08. The highest BCUT2D eigenvalue weighted by molar-refractivity contribution is 7.89. The number of carbonyl (C=O) groups excluding carboxylic acids is 1. The van der Waals surface area contributed by atoms with Crippen LogP contribution in [0.3, 0.4) is 0 Å². The molecular formula is C28H33N3O4S. The van der Waals surface area contributed by atoms with Crippen LogP contribution in [0.15, 0.2) is 58.4 Å². The Kier molecular flexibility index (Phi) is 6.74. The lowest BCUT2D eigenvalue weighted by molar-refractivity contribution is 0.0908. The molecule has 0 saturated heterocycles. The summed E-state index contributed by atoms with van der Waals surface area (Å²) in [7, 11) is -3.81. The number of benzene rings is 2. The van der Waals surface area contributed by atoms with Crippen LogP contribution >= 0.6 is 0 Å². The van der Waals surface area contributed by atoms with Gasteiger partial charge in [0, 0.05) is 37.3 Å². The molecule has 1 aliphatic carbocycles. The van der Waals surface area contributed by atoms with Crippen molar-refractivity contribution in [3.05, 3.63) is 75.6 Å². The van der Waals surface area contributed by atoms with Crippen LogP contribution in [0.4, 0.5) is 0 Å². The SMILES string of the molecule is CCn1cc(C(=O)N[C@H]2CCCC[C@@H]2C)c(=O)c2cc(S(=O)(=O)N3CCc4ccccc4C3)ccc21. The zero-order valence-electron chi connectivity index (χ0n) is 20.9. The summed E-state index contributed by atoms with van der Waals surface area (Å²) < 4.78 is 30.4. The lowest BCUT2D eigenvalue weighted by atomic mass is 9.86. The van der Waals surface area contributed by atoms with Crippen LogP contribution in [0.25, 0.3) is 10.9 Å². The minimum atomic E-state index is -3.81. The Morgan fingerprint density at radius 2 is 1.83 bits per heavy atom. The number of nitrogens with one attached hydrogen (secondary N) is 1. The quantitative estimate of drug-likeness (QED) is 0.564. The van der Waals surface area contributed by atoms with E-state index in [1.54, 1.807) is 18.3 Å². The number of aromatic nitrogens is 1. The summed E-state index contributed by atoms with van der Waals surface area (Å²) in [4.78, 5) is 26.8. The van der Waals surface area contributed by atoms with E-state index >= 15 is 0 Å². The number of aryl methyl sites for hydroxylation is 1. The Morgan fingerprint density at radius 3 is 2.58 bits per heavy atom. The molecular weight excluding hydrogens is 474 g/mol. The van der Waals surface area contributed by atoms with Crippen LogP contribution in [0, 0.1) is 5.92 Å². The van der Waals surface area contributed by atoms with Crippen LogP contribution in [0.1, 0.15) is 61.0 Å². The van der Waals surface area contributed by atoms with E-state index in [0.717, 1.165) is 36.8 Å². The van der Waals surface area contributed by atoms with Crippen molar-refractivity contribution in [1.29, 1.82) is 0 Å². The molecule has 7 nitrogen and oxygen atoms in total. The molecule has 2 atom stereocenters. The van der Waals surface area contributed by atoms with E-state index in [1.807, 2.05) is 35.8 Å². The molecule has 1 aromatic heterocycles. The van der Waals surface area contributed by atoms with Gasteiger partial charge in [0.25, 0.3) is 5.91 Å². The smallest absolute Gasteiger partial charge is 0.256 e. The fourth-order valence-electron chi connectivity index (χ4n) is 5.56. The molecule has 2 heterocycles. The first kappa shape index (κ1) is 24.7. The van der Waals surface area contributed by atoms with Gasteiger partial charge >= 0.3 is 0 Å². The third-order valence-corrected chi connectivity index (χ3v) is 9.64. The average molecular weight is 508 g/mol. The van der Waals surface area contributed by atoms with Gasteiger partial charge in [-0.2, -0.15) is 4.31 Å². The topological polar surface area (TPSA) is 88.5 Å². The van der Waals surface area contributed by atoms with Crippen LogP contribution < -0.4 is 10.7 Å². The molecule has 0 bridgehead atoms. The molecule has 1 aliphatic heterocycles. The van der Waals surface area contributed by atoms with Crippen LogP contribution in [-0.4, -0.2) is 35.8 Å². The summed E-state index contributed by atoms with van der Waals surface area (Å²) in [5.74, 6) is -0.0216. The van der Waals surface area contributed by atoms with Crippen molar-refractivity contribution in [2.45, 2.75) is 70.0 Å². The highest BCUT2D eigenvalue weighted by Crippen LogP contribution is 2.27. The maximum Gasteiger partial charge on any atom is 0.256 e. The van der Waals surface area contributed by atoms with Gasteiger partial charge < -0.3 is 9.88 Å². The zero-order chi connectivity index (χ0) is 25.4. The number of hydrogen-bond acceptors (Lipinski definition) is 4. The fraction of sp³-hybridized carbons (Fsp3) is 0.429. The molecule has 190 valence electrons. The third kappa shape index (κ3) is 4.48. The van der Waals surface area contributed by atoms with E-state index in [-0.39, 0.29) is 27.8 Å². The highest BCUT2D eigenvalue weighted by Gasteiger charge is 2.29. The molecule has 5 rings (SSSR count). The molecule has 1 N–H and O–H groups in total. The Labute approximate surface area is 212 Å². The summed E-state index contributed by atoms with van der Waals surface area (Å²) in [6, 6.07) is 12.6. The number of pyridine rings is 1. The average Bonchev–Trinajstić information content (AvgIpc) is 2.89. The lowest BCUT2D eigenvalue weighted by Crippen LogP contribution is -2.42. The van der Waals surface area contributed by atoms with Gasteiger partial charge in [-0.15, -0.1) is 0 Å². The Balaban J connectivity index is 1.51. The van der Waals surface area contributed by atoms with Crippen molar-refractivity contribution < 1.29 is 13.2 Å². The largest absolute Gasteiger partial charge is 0.349 e. The van der Waals surface area contributed by atoms with Crippen LogP contribution in [-0.2, 0) is 29.5 Å². The Bertz CT molecular complexity index is 1480. The van der Waals surface area contributed by atoms with E-state index < -0.39 is 15.5 Å². The van der Waals surface area contributed by atoms with Gasteiger partial charge in [-0.1, -0.05) is 44.0 Å². The van der Waals surface area contributed by atoms with Crippen molar-refractivity contribution in [2.75, 3.05) is 6.54 Å². The molecule has 1 saturated carbocycles. The summed E-state index contributed by atoms with van der Waals surface area (Å²) >= 11 is 0. The molecule has 2 aromatic carbocycles. The standard InChI is InChI=1S/C28H33N3O4S/c1-3-30-18-24(28(33)29-25-11-7-4-8-19(25)2)27(32)23-16-22(12-13-26(23)30)36(34,35)31-15-14-20-9-5-6-10-21(20)17-31/h5-6,9-10,12-13,16,18-19,25H,3-4,7-8,11,14-15,17H2,1-2H3,(H,29,33)/t19-,25-/m0/s1. The Morgan fingerprint density at radius 1 is 1.08 bits per heavy atom. The summed E-state index contributed by atoms with van der Waals surface area (Å²) in [6.07, 6.45) is 6.44. The lowest BCUT2D eigenvalue weighted by Gasteiger charge is -2.29. The predicted molar refractivity (Wildman–Crippen MR) is 141 cm³/mol. The van der Waals surface area contributed by atoms with Crippen molar-refractivity contribution in [2.24, 2.45) is 5.92 Å². The second kappa shape index (κ2) is 9.82. The number of sulfonamides is 1. The van der Waals surface area contributed by atoms with Gasteiger partial charge in [0.15, 0.2) is 0 Å². The number of carbonyl (C=O) groups is 1. The summed E-state index contributed by atoms with van der Waals surface area (Å²) in [5, 5.41) is 3.32. The van der Waals surface area contributed by atoms with E-state index in [4.69, 9.17) is 0 Å². The van der Waals surface area contributed by atoms with E-state index in [0.29, 0.717) is 37.5 Å². The monoisotopic (exact) mass is 507 g/mol. The first-order chi connectivity index (χ1) is 17.3. The fourth-order valence-corrected chi connectivity index (χ4v) is 7.01. The maximum absolute atomic E-state index is 13.6. The molecule has 36 heavy (non-hydrogen) atoms. The van der Waals surface area contributed by atoms with Gasteiger partial charge in [0.1, 0.15) is 5.56 Å². The second-order valence-corrected chi connectivity index (χ2v) is 12.0. The number of amides is 1. The molecule has 1 fully saturated rings. The minimum Gasteiger partial charge on any atom is -0.349 e. The molecule has 1 amide bonds. The van der Waals surface area contributed by atoms with E-state index in [9.17, 15) is 18.0 Å². The molecule has 0 spiro atoms. The van der Waals surface area contributed by atoms with Crippen molar-refractivity contribution in [3.8, 4) is 0 Å². The van der Waals surface area contributed by atoms with Gasteiger partial charge in [0.2, 0.25) is 15.5 Å². The zero-order valence-corrected chi connectivity index (χ0v) is 21.7. The van der Waals surface area contributed by atoms with Gasteiger partial charge in [-0.05, 0) is 61.4 Å². The normalized spacial score (nSPS) is 20.7. The summed E-state index contributed by atoms with van der Waals surface area (Å²) in [5.41, 5.74) is 2.40. The third-order valence-electron chi connectivity index (χ3n) is 7.80. The van der Waals surface area contributed by atoms with Gasteiger partial charge in [0.05, 0.1) is 10.4 Å². The van der Waals surface area contributed by atoms with E-state index in [1.165, 1.54) is 10.4 Å². The van der Waals surface area contributed by atoms with Gasteiger partial charge in [-0.3, -0.25) is 9.59 Å². The van der Waals surface area contributed by atoms with Gasteiger partial charge in [-0.25, -0.2) is 8.42 Å². The second-order valence-electron chi connectivity index (χ2n) is 10.0. The number of fused-ring (bicyclic) bond motifs is 2. The van der Waals surface area contributed by atoms with Crippen LogP contribution in [0.2, 0.25) is 0 Å². The summed E-state index contributed by atoms with van der Waals surface area (Å²) in [6.45, 7) is 5.30. The maximum atomic E-state index is 13.6. The van der Waals surface area contributed by atoms with Crippen molar-refractivity contribution in [3.63, 3.8) is 0 Å².